The van der Waals surface area contributed by atoms with Gasteiger partial charge in [0.15, 0.2) is 0 Å². The van der Waals surface area contributed by atoms with E-state index in [1.807, 2.05) is 0 Å². The Hall–Kier alpha value is -0.160. The van der Waals surface area contributed by atoms with Gasteiger partial charge in [-0.25, -0.2) is 0 Å². The summed E-state index contributed by atoms with van der Waals surface area (Å²) in [6, 6.07) is 0. The van der Waals surface area contributed by atoms with Crippen LogP contribution in [0.2, 0.25) is 0 Å². The maximum Gasteiger partial charge on any atom is 0.104 e. The molecule has 0 aliphatic carbocycles. The van der Waals surface area contributed by atoms with Crippen molar-refractivity contribution in [2.24, 2.45) is 0 Å². The average molecular weight is 290 g/mol. The molecule has 1 unspecified atom stereocenters. The molecule has 122 valence electrons. The van der Waals surface area contributed by atoms with Crippen molar-refractivity contribution in [3.8, 4) is 0 Å². The Morgan fingerprint density at radius 1 is 0.800 bits per heavy atom. The zero-order valence-electron chi connectivity index (χ0n) is 13.3. The molecule has 0 aromatic heterocycles. The fourth-order valence-electron chi connectivity index (χ4n) is 2.59. The van der Waals surface area contributed by atoms with Crippen LogP contribution in [0.15, 0.2) is 0 Å². The Balaban J connectivity index is 3.44. The van der Waals surface area contributed by atoms with Crippen LogP contribution in [0.4, 0.5) is 0 Å². The second-order valence-electron chi connectivity index (χ2n) is 5.82. The van der Waals surface area contributed by atoms with Crippen molar-refractivity contribution >= 4 is 0 Å². The van der Waals surface area contributed by atoms with Crippen LogP contribution in [-0.2, 0) is 0 Å². The van der Waals surface area contributed by atoms with Gasteiger partial charge in [-0.15, -0.1) is 0 Å². The molecule has 0 heterocycles. The van der Waals surface area contributed by atoms with Crippen molar-refractivity contribution in [1.29, 1.82) is 0 Å². The summed E-state index contributed by atoms with van der Waals surface area (Å²) < 4.78 is 0. The quantitative estimate of drug-likeness (QED) is 0.337. The molecule has 1 atom stereocenters. The second kappa shape index (κ2) is 15.2. The van der Waals surface area contributed by atoms with Gasteiger partial charge in [0.05, 0.1) is 13.2 Å². The van der Waals surface area contributed by atoms with E-state index in [0.717, 1.165) is 17.7 Å². The van der Waals surface area contributed by atoms with Crippen molar-refractivity contribution in [3.05, 3.63) is 0 Å². The Morgan fingerprint density at radius 3 is 1.80 bits per heavy atom. The summed E-state index contributed by atoms with van der Waals surface area (Å²) in [5.74, 6) is 0. The van der Waals surface area contributed by atoms with Crippen LogP contribution in [0, 0.1) is 0 Å². The zero-order chi connectivity index (χ0) is 15.1. The van der Waals surface area contributed by atoms with E-state index in [1.54, 1.807) is 0 Å². The van der Waals surface area contributed by atoms with Gasteiger partial charge in [-0.2, -0.15) is 0 Å². The van der Waals surface area contributed by atoms with Crippen LogP contribution in [0.1, 0.15) is 64.7 Å². The van der Waals surface area contributed by atoms with Gasteiger partial charge in [-0.1, -0.05) is 58.3 Å². The number of nitrogens with one attached hydrogen (secondary N) is 1. The Labute approximate surface area is 124 Å². The number of hydrogen-bond acceptors (Lipinski definition) is 3. The minimum Gasteiger partial charge on any atom is -0.391 e. The maximum atomic E-state index is 9.96. The third kappa shape index (κ3) is 12.9. The topological polar surface area (TPSA) is 65.1 Å². The maximum absolute atomic E-state index is 9.96. The number of rotatable bonds is 15. The van der Waals surface area contributed by atoms with E-state index in [-0.39, 0.29) is 19.3 Å². The third-order valence-electron chi connectivity index (χ3n) is 3.85. The monoisotopic (exact) mass is 290 g/mol. The molecular formula is C16H36NO3+. The molecule has 0 aliphatic rings. The van der Waals surface area contributed by atoms with Gasteiger partial charge in [0.25, 0.3) is 0 Å². The molecule has 0 bridgehead atoms. The molecular weight excluding hydrogens is 254 g/mol. The number of aliphatic hydroxyl groups excluding tert-OH is 3. The molecule has 4 N–H and O–H groups in total. The second-order valence-corrected chi connectivity index (χ2v) is 5.82. The smallest absolute Gasteiger partial charge is 0.104 e. The van der Waals surface area contributed by atoms with Gasteiger partial charge in [0, 0.05) is 0 Å². The molecule has 0 aromatic rings. The zero-order valence-corrected chi connectivity index (χ0v) is 13.3. The lowest BCUT2D eigenvalue weighted by molar-refractivity contribution is -0.903. The minimum atomic E-state index is -0.303. The van der Waals surface area contributed by atoms with Crippen molar-refractivity contribution in [2.45, 2.75) is 70.8 Å². The van der Waals surface area contributed by atoms with E-state index in [2.05, 4.69) is 6.92 Å². The standard InChI is InChI=1S/C16H35NO3/c1-2-3-4-5-6-7-8-9-10-16(20)15-17(11-13-18)12-14-19/h16,18-20H,2-15H2,1H3/p+1. The number of aliphatic hydroxyl groups is 3. The summed E-state index contributed by atoms with van der Waals surface area (Å²) in [7, 11) is 0. The van der Waals surface area contributed by atoms with Crippen molar-refractivity contribution in [1.82, 2.24) is 0 Å². The van der Waals surface area contributed by atoms with E-state index in [4.69, 9.17) is 10.2 Å². The van der Waals surface area contributed by atoms with Gasteiger partial charge in [-0.3, -0.25) is 0 Å². The van der Waals surface area contributed by atoms with E-state index in [0.29, 0.717) is 19.6 Å². The Kier molecular flexibility index (Phi) is 15.1. The molecule has 0 fully saturated rings. The summed E-state index contributed by atoms with van der Waals surface area (Å²) in [4.78, 5) is 1.09. The Morgan fingerprint density at radius 2 is 1.30 bits per heavy atom. The van der Waals surface area contributed by atoms with E-state index < -0.39 is 0 Å². The van der Waals surface area contributed by atoms with Gasteiger partial charge < -0.3 is 20.2 Å². The third-order valence-corrected chi connectivity index (χ3v) is 3.85. The molecule has 0 radical (unpaired) electrons. The highest BCUT2D eigenvalue weighted by atomic mass is 16.3. The fourth-order valence-corrected chi connectivity index (χ4v) is 2.59. The minimum absolute atomic E-state index is 0.111. The highest BCUT2D eigenvalue weighted by Gasteiger charge is 2.13. The first kappa shape index (κ1) is 19.8. The lowest BCUT2D eigenvalue weighted by Gasteiger charge is -2.20. The summed E-state index contributed by atoms with van der Waals surface area (Å²) in [6.07, 6.45) is 10.8. The van der Waals surface area contributed by atoms with Gasteiger partial charge in [0.2, 0.25) is 0 Å². The molecule has 4 nitrogen and oxygen atoms in total. The van der Waals surface area contributed by atoms with Crippen LogP contribution in [0.3, 0.4) is 0 Å². The predicted octanol–water partition coefficient (Wildman–Crippen LogP) is 0.748. The molecule has 0 aromatic carbocycles. The molecule has 0 spiro atoms. The molecule has 0 saturated carbocycles. The summed E-state index contributed by atoms with van der Waals surface area (Å²) in [5.41, 5.74) is 0. The van der Waals surface area contributed by atoms with Gasteiger partial charge in [0.1, 0.15) is 25.7 Å². The van der Waals surface area contributed by atoms with Crippen molar-refractivity contribution in [2.75, 3.05) is 32.8 Å². The summed E-state index contributed by atoms with van der Waals surface area (Å²) in [5, 5.41) is 27.8. The molecule has 0 saturated heterocycles. The molecule has 0 rings (SSSR count). The van der Waals surface area contributed by atoms with Crippen LogP contribution in [0.25, 0.3) is 0 Å². The van der Waals surface area contributed by atoms with E-state index in [1.165, 1.54) is 44.9 Å². The fraction of sp³-hybridized carbons (Fsp3) is 1.00. The lowest BCUT2D eigenvalue weighted by Crippen LogP contribution is -3.14. The predicted molar refractivity (Wildman–Crippen MR) is 83.0 cm³/mol. The Bertz CT molecular complexity index is 185. The van der Waals surface area contributed by atoms with E-state index in [9.17, 15) is 5.11 Å². The van der Waals surface area contributed by atoms with Crippen LogP contribution in [-0.4, -0.2) is 54.3 Å². The summed E-state index contributed by atoms with van der Waals surface area (Å²) >= 11 is 0. The van der Waals surface area contributed by atoms with Crippen molar-refractivity contribution < 1.29 is 20.2 Å². The number of unbranched alkanes of at least 4 members (excludes halogenated alkanes) is 7. The molecule has 20 heavy (non-hydrogen) atoms. The first-order valence-corrected chi connectivity index (χ1v) is 8.47. The van der Waals surface area contributed by atoms with Crippen molar-refractivity contribution in [3.63, 3.8) is 0 Å². The molecule has 0 amide bonds. The molecule has 0 aliphatic heterocycles. The number of hydrogen-bond donors (Lipinski definition) is 4. The van der Waals surface area contributed by atoms with Crippen LogP contribution < -0.4 is 4.90 Å². The SMILES string of the molecule is CCCCCCCCCCC(O)C[NH+](CCO)CCO. The van der Waals surface area contributed by atoms with Crippen LogP contribution in [0.5, 0.6) is 0 Å². The largest absolute Gasteiger partial charge is 0.391 e. The average Bonchev–Trinajstić information content (AvgIpc) is 2.42. The number of quaternary nitrogens is 1. The first-order valence-electron chi connectivity index (χ1n) is 8.47. The normalized spacial score (nSPS) is 13.1. The van der Waals surface area contributed by atoms with Crippen LogP contribution >= 0.6 is 0 Å². The summed E-state index contributed by atoms with van der Waals surface area (Å²) in [6.45, 7) is 4.31. The highest BCUT2D eigenvalue weighted by molar-refractivity contribution is 4.54. The first-order chi connectivity index (χ1) is 9.74. The highest BCUT2D eigenvalue weighted by Crippen LogP contribution is 2.10. The van der Waals surface area contributed by atoms with Gasteiger partial charge in [-0.05, 0) is 6.42 Å². The van der Waals surface area contributed by atoms with E-state index >= 15 is 0 Å². The molecule has 4 heteroatoms. The lowest BCUT2D eigenvalue weighted by atomic mass is 10.1. The van der Waals surface area contributed by atoms with Gasteiger partial charge >= 0.3 is 0 Å².